The first-order chi connectivity index (χ1) is 7.92. The van der Waals surface area contributed by atoms with Crippen molar-refractivity contribution in [2.24, 2.45) is 17.8 Å². The second kappa shape index (κ2) is 5.05. The van der Waals surface area contributed by atoms with E-state index in [1.165, 1.54) is 71.2 Å². The van der Waals surface area contributed by atoms with Crippen LogP contribution in [-0.4, -0.2) is 37.6 Å². The molecule has 2 heterocycles. The van der Waals surface area contributed by atoms with Crippen LogP contribution in [0, 0.1) is 17.8 Å². The minimum atomic E-state index is 0.978. The Balaban J connectivity index is 1.48. The molecule has 92 valence electrons. The first-order valence-corrected chi connectivity index (χ1v) is 7.35. The van der Waals surface area contributed by atoms with E-state index in [1.54, 1.807) is 0 Å². The molecule has 16 heavy (non-hydrogen) atoms. The molecule has 0 spiro atoms. The highest BCUT2D eigenvalue weighted by Gasteiger charge is 2.36. The molecule has 0 aromatic carbocycles. The predicted molar refractivity (Wildman–Crippen MR) is 67.5 cm³/mol. The Labute approximate surface area is 99.8 Å². The van der Waals surface area contributed by atoms with E-state index in [0.29, 0.717) is 0 Å². The molecule has 2 aliphatic heterocycles. The lowest BCUT2D eigenvalue weighted by molar-refractivity contribution is 0.246. The van der Waals surface area contributed by atoms with E-state index in [0.717, 1.165) is 17.8 Å². The van der Waals surface area contributed by atoms with Gasteiger partial charge in [0.1, 0.15) is 0 Å². The van der Waals surface area contributed by atoms with Crippen LogP contribution in [0.25, 0.3) is 0 Å². The lowest BCUT2D eigenvalue weighted by atomic mass is 10.00. The van der Waals surface area contributed by atoms with Crippen LogP contribution in [0.5, 0.6) is 0 Å². The van der Waals surface area contributed by atoms with Crippen molar-refractivity contribution in [1.82, 2.24) is 10.2 Å². The van der Waals surface area contributed by atoms with E-state index in [9.17, 15) is 0 Å². The van der Waals surface area contributed by atoms with Gasteiger partial charge in [0, 0.05) is 19.6 Å². The van der Waals surface area contributed by atoms with Gasteiger partial charge in [-0.1, -0.05) is 25.7 Å². The lowest BCUT2D eigenvalue weighted by Gasteiger charge is -2.23. The molecule has 3 aliphatic rings. The fraction of sp³-hybridized carbons (Fsp3) is 1.00. The highest BCUT2D eigenvalue weighted by atomic mass is 15.2. The van der Waals surface area contributed by atoms with Crippen molar-refractivity contribution in [3.63, 3.8) is 0 Å². The fourth-order valence-electron chi connectivity index (χ4n) is 4.01. The normalized spacial score (nSPS) is 37.5. The van der Waals surface area contributed by atoms with Crippen LogP contribution in [0.3, 0.4) is 0 Å². The summed E-state index contributed by atoms with van der Waals surface area (Å²) in [6, 6.07) is 0. The maximum absolute atomic E-state index is 3.53. The Morgan fingerprint density at radius 3 is 2.12 bits per heavy atom. The molecule has 1 aliphatic carbocycles. The van der Waals surface area contributed by atoms with Gasteiger partial charge in [-0.2, -0.15) is 0 Å². The SMILES string of the molecule is C1CCCC(CN2C[C@H]3CNC[C@H]3C2)CC1. The fourth-order valence-corrected chi connectivity index (χ4v) is 4.01. The Morgan fingerprint density at radius 2 is 1.50 bits per heavy atom. The van der Waals surface area contributed by atoms with Crippen LogP contribution in [0.1, 0.15) is 38.5 Å². The Kier molecular flexibility index (Phi) is 3.49. The smallest absolute Gasteiger partial charge is 0.00257 e. The van der Waals surface area contributed by atoms with E-state index < -0.39 is 0 Å². The average molecular weight is 222 g/mol. The number of hydrogen-bond donors (Lipinski definition) is 1. The van der Waals surface area contributed by atoms with Gasteiger partial charge in [0.25, 0.3) is 0 Å². The second-order valence-corrected chi connectivity index (χ2v) is 6.25. The molecular formula is C14H26N2. The second-order valence-electron chi connectivity index (χ2n) is 6.25. The van der Waals surface area contributed by atoms with Crippen molar-refractivity contribution in [3.8, 4) is 0 Å². The number of rotatable bonds is 2. The van der Waals surface area contributed by atoms with E-state index in [2.05, 4.69) is 10.2 Å². The zero-order valence-corrected chi connectivity index (χ0v) is 10.5. The molecule has 2 nitrogen and oxygen atoms in total. The average Bonchev–Trinajstić information content (AvgIpc) is 2.72. The van der Waals surface area contributed by atoms with Gasteiger partial charge in [-0.3, -0.25) is 0 Å². The van der Waals surface area contributed by atoms with Crippen LogP contribution in [0.2, 0.25) is 0 Å². The van der Waals surface area contributed by atoms with Crippen molar-refractivity contribution in [2.75, 3.05) is 32.7 Å². The molecule has 3 rings (SSSR count). The third-order valence-electron chi connectivity index (χ3n) is 4.96. The number of hydrogen-bond acceptors (Lipinski definition) is 2. The number of nitrogens with one attached hydrogen (secondary N) is 1. The van der Waals surface area contributed by atoms with Crippen molar-refractivity contribution in [1.29, 1.82) is 0 Å². The van der Waals surface area contributed by atoms with Crippen molar-refractivity contribution in [3.05, 3.63) is 0 Å². The molecule has 0 unspecified atom stereocenters. The number of nitrogens with zero attached hydrogens (tertiary/aromatic N) is 1. The zero-order valence-electron chi connectivity index (χ0n) is 10.5. The van der Waals surface area contributed by atoms with E-state index in [-0.39, 0.29) is 0 Å². The molecule has 1 N–H and O–H groups in total. The first-order valence-electron chi connectivity index (χ1n) is 7.35. The highest BCUT2D eigenvalue weighted by molar-refractivity contribution is 4.91. The van der Waals surface area contributed by atoms with Crippen LogP contribution < -0.4 is 5.32 Å². The third-order valence-corrected chi connectivity index (χ3v) is 4.96. The number of likely N-dealkylation sites (tertiary alicyclic amines) is 1. The molecular weight excluding hydrogens is 196 g/mol. The van der Waals surface area contributed by atoms with Gasteiger partial charge in [-0.15, -0.1) is 0 Å². The highest BCUT2D eigenvalue weighted by Crippen LogP contribution is 2.29. The van der Waals surface area contributed by atoms with Crippen molar-refractivity contribution < 1.29 is 0 Å². The molecule has 2 heteroatoms. The van der Waals surface area contributed by atoms with Gasteiger partial charge in [0.2, 0.25) is 0 Å². The summed E-state index contributed by atoms with van der Waals surface area (Å²) in [7, 11) is 0. The first kappa shape index (κ1) is 11.0. The van der Waals surface area contributed by atoms with Crippen molar-refractivity contribution >= 4 is 0 Å². The summed E-state index contributed by atoms with van der Waals surface area (Å²) in [4.78, 5) is 2.77. The van der Waals surface area contributed by atoms with Crippen LogP contribution >= 0.6 is 0 Å². The summed E-state index contributed by atoms with van der Waals surface area (Å²) in [6.07, 6.45) is 8.98. The summed E-state index contributed by atoms with van der Waals surface area (Å²) in [5, 5.41) is 3.53. The maximum atomic E-state index is 3.53. The third kappa shape index (κ3) is 2.43. The van der Waals surface area contributed by atoms with Gasteiger partial charge in [0.15, 0.2) is 0 Å². The molecule has 3 fully saturated rings. The predicted octanol–water partition coefficient (Wildman–Crippen LogP) is 2.11. The lowest BCUT2D eigenvalue weighted by Crippen LogP contribution is -2.30. The minimum Gasteiger partial charge on any atom is -0.316 e. The molecule has 2 atom stereocenters. The monoisotopic (exact) mass is 222 g/mol. The quantitative estimate of drug-likeness (QED) is 0.720. The van der Waals surface area contributed by atoms with Crippen LogP contribution in [0.15, 0.2) is 0 Å². The molecule has 0 amide bonds. The Hall–Kier alpha value is -0.0800. The topological polar surface area (TPSA) is 15.3 Å². The van der Waals surface area contributed by atoms with Crippen LogP contribution in [0.4, 0.5) is 0 Å². The maximum Gasteiger partial charge on any atom is 0.00257 e. The standard InChI is InChI=1S/C14H26N2/c1-2-4-6-12(5-3-1)9-16-10-13-7-15-8-14(13)11-16/h12-15H,1-11H2/t13-,14+. The summed E-state index contributed by atoms with van der Waals surface area (Å²) in [5.74, 6) is 2.98. The van der Waals surface area contributed by atoms with Gasteiger partial charge in [0.05, 0.1) is 0 Å². The summed E-state index contributed by atoms with van der Waals surface area (Å²) in [5.41, 5.74) is 0. The molecule has 2 saturated heterocycles. The van der Waals surface area contributed by atoms with E-state index >= 15 is 0 Å². The summed E-state index contributed by atoms with van der Waals surface area (Å²) in [6.45, 7) is 6.74. The molecule has 0 bridgehead atoms. The van der Waals surface area contributed by atoms with Gasteiger partial charge in [-0.05, 0) is 43.7 Å². The molecule has 1 saturated carbocycles. The molecule has 0 aromatic heterocycles. The number of fused-ring (bicyclic) bond motifs is 1. The Bertz CT molecular complexity index is 209. The molecule has 0 radical (unpaired) electrons. The largest absolute Gasteiger partial charge is 0.316 e. The van der Waals surface area contributed by atoms with Crippen molar-refractivity contribution in [2.45, 2.75) is 38.5 Å². The minimum absolute atomic E-state index is 0.978. The van der Waals surface area contributed by atoms with E-state index in [4.69, 9.17) is 0 Å². The summed E-state index contributed by atoms with van der Waals surface area (Å²) < 4.78 is 0. The molecule has 0 aromatic rings. The van der Waals surface area contributed by atoms with Gasteiger partial charge in [-0.25, -0.2) is 0 Å². The zero-order chi connectivity index (χ0) is 10.8. The van der Waals surface area contributed by atoms with Crippen LogP contribution in [-0.2, 0) is 0 Å². The van der Waals surface area contributed by atoms with Gasteiger partial charge >= 0.3 is 0 Å². The van der Waals surface area contributed by atoms with Gasteiger partial charge < -0.3 is 10.2 Å². The Morgan fingerprint density at radius 1 is 0.875 bits per heavy atom. The van der Waals surface area contributed by atoms with E-state index in [1.807, 2.05) is 0 Å². The summed E-state index contributed by atoms with van der Waals surface area (Å²) >= 11 is 0.